The minimum Gasteiger partial charge on any atom is -0.477 e. The van der Waals surface area contributed by atoms with Gasteiger partial charge in [-0.1, -0.05) is 135 Å². The van der Waals surface area contributed by atoms with E-state index < -0.39 is 25.5 Å². The van der Waals surface area contributed by atoms with E-state index in [0.29, 0.717) is 109 Å². The first-order chi connectivity index (χ1) is 53.4. The van der Waals surface area contributed by atoms with Gasteiger partial charge in [0.05, 0.1) is 45.7 Å². The number of carboxylic acids is 1. The quantitative estimate of drug-likeness (QED) is 0.00378. The van der Waals surface area contributed by atoms with Crippen molar-refractivity contribution in [3.05, 3.63) is 64.0 Å². The third kappa shape index (κ3) is 37.7. The molecule has 5 fully saturated rings. The zero-order chi connectivity index (χ0) is 82.1. The summed E-state index contributed by atoms with van der Waals surface area (Å²) in [6.45, 7) is 14.3. The molecule has 5 aliphatic carbocycles. The maximum Gasteiger partial charge on any atom is 0.343 e. The number of nitrogens with zero attached hydrogens (tertiary/aromatic N) is 11. The maximum atomic E-state index is 12.2. The van der Waals surface area contributed by atoms with E-state index in [4.69, 9.17) is 45.8 Å². The van der Waals surface area contributed by atoms with E-state index in [1.54, 1.807) is 74.3 Å². The van der Waals surface area contributed by atoms with Crippen molar-refractivity contribution in [3.8, 4) is 0 Å². The van der Waals surface area contributed by atoms with Gasteiger partial charge in [-0.05, 0) is 144 Å². The second kappa shape index (κ2) is 56.8. The molecular weight excluding hydrogens is 1570 g/mol. The lowest BCUT2D eigenvalue weighted by molar-refractivity contribution is -0.140. The number of aromatic nitrogens is 10. The number of rotatable bonds is 29. The molecule has 0 atom stereocenters. The zero-order valence-electron chi connectivity index (χ0n) is 66.9. The second-order valence-electron chi connectivity index (χ2n) is 24.9. The Morgan fingerprint density at radius 2 is 0.784 bits per heavy atom. The molecule has 0 aliphatic heterocycles. The van der Waals surface area contributed by atoms with Crippen molar-refractivity contribution in [2.24, 2.45) is 5.73 Å². The first-order valence-corrected chi connectivity index (χ1v) is 45.6. The lowest BCUT2D eigenvalue weighted by Crippen LogP contribution is -2.28. The minimum absolute atomic E-state index is 0.0122. The normalized spacial score (nSPS) is 14.7. The van der Waals surface area contributed by atoms with Crippen LogP contribution in [0.5, 0.6) is 0 Å². The number of carboxylic acid groups (broad SMARTS) is 1. The second-order valence-corrected chi connectivity index (χ2v) is 31.1. The van der Waals surface area contributed by atoms with Crippen LogP contribution >= 0.6 is 78.0 Å². The highest BCUT2D eigenvalue weighted by atomic mass is 35.5. The molecule has 38 heteroatoms. The van der Waals surface area contributed by atoms with Gasteiger partial charge in [-0.25, -0.2) is 69.3 Å². The number of ether oxygens (including phenoxy) is 4. The summed E-state index contributed by atoms with van der Waals surface area (Å²) in [6, 6.07) is 2.14. The molecular formula is C73H116ClN16O15PS5. The molecule has 0 unspecified atom stereocenters. The van der Waals surface area contributed by atoms with Crippen molar-refractivity contribution in [1.82, 2.24) is 54.9 Å². The summed E-state index contributed by atoms with van der Waals surface area (Å²) in [5.74, 6) is -0.294. The molecule has 620 valence electrons. The Hall–Kier alpha value is -6.31. The fraction of sp³-hybridized carbons (Fsp3) is 0.644. The topological polar surface area (TPSA) is 411 Å². The highest BCUT2D eigenvalue weighted by Gasteiger charge is 2.29. The van der Waals surface area contributed by atoms with Crippen LogP contribution < -0.4 is 27.0 Å². The number of carbonyl (C=O) groups is 6. The molecule has 5 saturated carbocycles. The number of esters is 3. The highest BCUT2D eigenvalue weighted by molar-refractivity contribution is 7.99. The first kappa shape index (κ1) is 98.9. The third-order valence-electron chi connectivity index (χ3n) is 16.8. The molecule has 5 aliphatic rings. The van der Waals surface area contributed by atoms with Crippen molar-refractivity contribution in [1.29, 1.82) is 0 Å². The number of nitrogens with two attached hydrogens (primary N) is 1. The third-order valence-corrected chi connectivity index (χ3v) is 21.9. The molecule has 111 heavy (non-hydrogen) atoms. The predicted molar refractivity (Wildman–Crippen MR) is 442 cm³/mol. The van der Waals surface area contributed by atoms with Gasteiger partial charge in [-0.3, -0.25) is 23.8 Å². The number of halogens is 1. The van der Waals surface area contributed by atoms with E-state index in [9.17, 15) is 33.3 Å². The molecule has 1 amide bonds. The number of hydrogen-bond donors (Lipinski definition) is 6. The zero-order valence-corrected chi connectivity index (χ0v) is 72.6. The SMILES string of the molecule is CCOC.CCOC(=O)CP(=O)(OCC)OCC.CCOC(=O)c1cnc(SC)nc1Cl.CCOC(=O)c1cnc(SC)nc1NC1CCCC1.CON(C)C(=O)c1cnc(SC)nc1NC1CCCC1.CSc1ncc(C(=O)O)c(NC2CCCC2)n1.CSc1ncc(C(C)=O)c(NC2CCCC2)n1.NC1CCCC1. The van der Waals surface area contributed by atoms with Crippen LogP contribution in [0.1, 0.15) is 229 Å². The van der Waals surface area contributed by atoms with E-state index in [1.165, 1.54) is 160 Å². The Morgan fingerprint density at radius 3 is 1.09 bits per heavy atom. The van der Waals surface area contributed by atoms with Crippen molar-refractivity contribution in [2.45, 2.75) is 233 Å². The van der Waals surface area contributed by atoms with E-state index in [0.717, 1.165) is 58.0 Å². The minimum atomic E-state index is -3.28. The largest absolute Gasteiger partial charge is 0.477 e. The van der Waals surface area contributed by atoms with Crippen LogP contribution in [-0.4, -0.2) is 224 Å². The molecule has 0 bridgehead atoms. The Morgan fingerprint density at radius 1 is 0.477 bits per heavy atom. The van der Waals surface area contributed by atoms with Crippen LogP contribution in [0.25, 0.3) is 0 Å². The highest BCUT2D eigenvalue weighted by Crippen LogP contribution is 2.48. The molecule has 10 rings (SSSR count). The fourth-order valence-electron chi connectivity index (χ4n) is 11.2. The first-order valence-electron chi connectivity index (χ1n) is 37.3. The number of nitrogens with one attached hydrogen (secondary N) is 4. The Kier molecular flexibility index (Phi) is 50.6. The number of hydroxylamine groups is 2. The van der Waals surface area contributed by atoms with E-state index >= 15 is 0 Å². The summed E-state index contributed by atoms with van der Waals surface area (Å²) >= 11 is 12.9. The Balaban J connectivity index is 0.000000337. The standard InChI is InChI=1S/C13H20N4O2S.C13H19N3O2S.C12H17N3OS.C11H15N3O2S.C8H9ClN2O2S.C8H17O5P.C5H11N.C3H8O/c1-17(19-2)12(18)10-8-14-13(20-3)16-11(10)15-9-6-4-5-7-9;1-3-18-12(17)10-8-14-13(19-2)16-11(10)15-9-6-4-5-7-9;1-8(16)10-7-13-12(17-2)15-11(10)14-9-5-3-4-6-9;1-17-11-12-6-8(10(15)16)9(14-11)13-7-4-2-3-5-7;1-3-13-7(12)5-4-10-8(14-2)11-6(5)9;1-4-11-8(9)7-14(10,12-5-2)13-6-3;6-5-3-1-2-4-5;1-3-4-2/h8-9H,4-7H2,1-3H3,(H,14,15,16);8-9H,3-7H2,1-2H3,(H,14,15,16);7,9H,3-6H2,1-2H3,(H,13,14,15);6-7H,2-5H2,1H3,(H,15,16)(H,12,13,14);4H,3H2,1-2H3;4-7H2,1-3H3;5H,1-4,6H2;3H2,1-2H3. The summed E-state index contributed by atoms with van der Waals surface area (Å²) in [7, 11) is 1.43. The van der Waals surface area contributed by atoms with Crippen LogP contribution in [0, 0.1) is 0 Å². The van der Waals surface area contributed by atoms with Crippen molar-refractivity contribution in [2.75, 3.05) is 120 Å². The van der Waals surface area contributed by atoms with Crippen LogP contribution in [0.4, 0.5) is 23.3 Å². The number of methoxy groups -OCH3 is 1. The molecule has 31 nitrogen and oxygen atoms in total. The van der Waals surface area contributed by atoms with Gasteiger partial charge in [0.15, 0.2) is 31.6 Å². The van der Waals surface area contributed by atoms with E-state index in [2.05, 4.69) is 80.6 Å². The summed E-state index contributed by atoms with van der Waals surface area (Å²) in [6.07, 6.45) is 40.7. The van der Waals surface area contributed by atoms with Gasteiger partial charge < -0.3 is 60.1 Å². The van der Waals surface area contributed by atoms with Gasteiger partial charge in [0, 0.05) is 82.0 Å². The van der Waals surface area contributed by atoms with Crippen molar-refractivity contribution >= 4 is 137 Å². The number of ketones is 1. The number of anilines is 4. The summed E-state index contributed by atoms with van der Waals surface area (Å²) < 4.78 is 40.6. The number of carbonyl (C=O) groups excluding carboxylic acids is 5. The van der Waals surface area contributed by atoms with Crippen LogP contribution in [0.3, 0.4) is 0 Å². The summed E-state index contributed by atoms with van der Waals surface area (Å²) in [5, 5.41) is 26.9. The van der Waals surface area contributed by atoms with Crippen LogP contribution in [0.15, 0.2) is 56.8 Å². The van der Waals surface area contributed by atoms with Crippen molar-refractivity contribution < 1.29 is 71.3 Å². The number of amides is 1. The van der Waals surface area contributed by atoms with Gasteiger partial charge in [0.25, 0.3) is 5.91 Å². The van der Waals surface area contributed by atoms with Crippen LogP contribution in [-0.2, 0) is 42.2 Å². The maximum absolute atomic E-state index is 12.2. The lowest BCUT2D eigenvalue weighted by atomic mass is 10.2. The van der Waals surface area contributed by atoms with Crippen LogP contribution in [0.2, 0.25) is 5.15 Å². The summed E-state index contributed by atoms with van der Waals surface area (Å²) in [5.41, 5.74) is 7.34. The fourth-order valence-corrected chi connectivity index (χ4v) is 14.6. The Bertz CT molecular complexity index is 3550. The molecule has 5 aromatic heterocycles. The molecule has 0 radical (unpaired) electrons. The van der Waals surface area contributed by atoms with Gasteiger partial charge in [-0.15, -0.1) is 0 Å². The number of Topliss-reactive ketones (excluding diaryl/α,β-unsaturated/α-hetero) is 1. The molecule has 0 spiro atoms. The molecule has 5 heterocycles. The van der Waals surface area contributed by atoms with Gasteiger partial charge >= 0.3 is 31.5 Å². The number of aromatic carboxylic acids is 1. The van der Waals surface area contributed by atoms with Crippen molar-refractivity contribution in [3.63, 3.8) is 0 Å². The summed E-state index contributed by atoms with van der Waals surface area (Å²) in [4.78, 5) is 116. The Labute approximate surface area is 680 Å². The molecule has 0 aromatic carbocycles. The average molecular weight is 1680 g/mol. The average Bonchev–Trinajstić information content (AvgIpc) is 1.69. The van der Waals surface area contributed by atoms with E-state index in [-0.39, 0.29) is 59.9 Å². The number of hydrogen-bond acceptors (Lipinski definition) is 34. The predicted octanol–water partition coefficient (Wildman–Crippen LogP) is 15.3. The van der Waals surface area contributed by atoms with Gasteiger partial charge in [0.2, 0.25) is 0 Å². The monoisotopic (exact) mass is 1680 g/mol. The smallest absolute Gasteiger partial charge is 0.343 e. The van der Waals surface area contributed by atoms with Gasteiger partial charge in [0.1, 0.15) is 56.8 Å². The van der Waals surface area contributed by atoms with E-state index in [1.807, 2.05) is 38.2 Å². The number of thioether (sulfide) groups is 5. The molecule has 7 N–H and O–H groups in total. The van der Waals surface area contributed by atoms with Gasteiger partial charge in [-0.2, -0.15) is 0 Å². The lowest BCUT2D eigenvalue weighted by Gasteiger charge is -2.19. The molecule has 0 saturated heterocycles. The molecule has 5 aromatic rings.